The van der Waals surface area contributed by atoms with Crippen LogP contribution in [0, 0.1) is 0 Å². The van der Waals surface area contributed by atoms with Crippen LogP contribution in [0.2, 0.25) is 26.2 Å². The van der Waals surface area contributed by atoms with Crippen LogP contribution >= 0.6 is 24.8 Å². The third kappa shape index (κ3) is 18.8. The van der Waals surface area contributed by atoms with E-state index in [-0.39, 0.29) is 35.8 Å². The van der Waals surface area contributed by atoms with Crippen molar-refractivity contribution in [1.82, 2.24) is 0 Å². The van der Waals surface area contributed by atoms with Gasteiger partial charge in [-0.25, -0.2) is 0 Å². The van der Waals surface area contributed by atoms with Gasteiger partial charge in [-0.3, -0.25) is 0 Å². The van der Waals surface area contributed by atoms with Gasteiger partial charge in [-0.05, 0) is 23.7 Å². The Balaban J connectivity index is 0.000000360. The van der Waals surface area contributed by atoms with Crippen LogP contribution in [0.3, 0.4) is 0 Å². The van der Waals surface area contributed by atoms with Gasteiger partial charge in [-0.2, -0.15) is 24.3 Å². The molecule has 0 aliphatic heterocycles. The molecule has 58 heavy (non-hydrogen) atoms. The van der Waals surface area contributed by atoms with Crippen LogP contribution in [0.15, 0.2) is 146 Å². The summed E-state index contributed by atoms with van der Waals surface area (Å²) in [7, 11) is 0. The second-order valence-corrected chi connectivity index (χ2v) is 41.8. The first-order chi connectivity index (χ1) is 26.5. The molecule has 0 atom stereocenters. The molecule has 0 radical (unpaired) electrons. The van der Waals surface area contributed by atoms with E-state index in [1.807, 2.05) is 0 Å². The first kappa shape index (κ1) is 54.1. The van der Waals surface area contributed by atoms with E-state index in [1.54, 1.807) is 0 Å². The maximum Gasteiger partial charge on any atom is -0.147 e. The molecule has 0 heterocycles. The van der Waals surface area contributed by atoms with Crippen LogP contribution in [0.5, 0.6) is 0 Å². The predicted molar refractivity (Wildman–Crippen MR) is 264 cm³/mol. The second kappa shape index (κ2) is 27.8. The Kier molecular flexibility index (Phi) is 26.0. The monoisotopic (exact) mass is 1180 g/mol. The number of fused-ring (bicyclic) bond motifs is 4. The zero-order valence-corrected chi connectivity index (χ0v) is 47.8. The van der Waals surface area contributed by atoms with Crippen molar-refractivity contribution in [2.75, 3.05) is 0 Å². The molecule has 8 aromatic rings. The van der Waals surface area contributed by atoms with Crippen molar-refractivity contribution in [3.05, 3.63) is 168 Å². The molecule has 8 rings (SSSR count). The Morgan fingerprint density at radius 1 is 0.345 bits per heavy atom. The molecule has 0 amide bonds. The quantitative estimate of drug-likeness (QED) is 0.122. The number of hydrogen-bond acceptors (Lipinski definition) is 0. The Bertz CT molecular complexity index is 1920. The van der Waals surface area contributed by atoms with Crippen LogP contribution in [0.1, 0.15) is 101 Å². The summed E-state index contributed by atoms with van der Waals surface area (Å²) >= 11 is 2.90. The van der Waals surface area contributed by atoms with E-state index in [9.17, 15) is 0 Å². The van der Waals surface area contributed by atoms with Gasteiger partial charge in [0.1, 0.15) is 0 Å². The fourth-order valence-corrected chi connectivity index (χ4v) is 6.03. The van der Waals surface area contributed by atoms with Gasteiger partial charge in [0.05, 0.1) is 0 Å². The second-order valence-electron chi connectivity index (χ2n) is 16.3. The van der Waals surface area contributed by atoms with Crippen molar-refractivity contribution in [2.45, 2.75) is 105 Å². The van der Waals surface area contributed by atoms with Gasteiger partial charge in [0.25, 0.3) is 0 Å². The Morgan fingerprint density at radius 3 is 0.638 bits per heavy atom. The molecule has 0 bridgehead atoms. The minimum atomic E-state index is 0. The maximum absolute atomic E-state index is 2.33. The molecular formula is C52H66Cl2Hf2Si2. The molecule has 0 aliphatic rings. The normalized spacial score (nSPS) is 10.3. The van der Waals surface area contributed by atoms with Crippen LogP contribution in [0.25, 0.3) is 43.1 Å². The van der Waals surface area contributed by atoms with Crippen LogP contribution in [-0.2, 0) is 46.0 Å². The summed E-state index contributed by atoms with van der Waals surface area (Å²) in [6, 6.07) is 52.3. The van der Waals surface area contributed by atoms with E-state index in [4.69, 9.17) is 0 Å². The van der Waals surface area contributed by atoms with Crippen molar-refractivity contribution in [3.63, 3.8) is 0 Å². The molecular weight excluding hydrogens is 1110 g/mol. The topological polar surface area (TPSA) is 0 Å². The van der Waals surface area contributed by atoms with Crippen molar-refractivity contribution in [2.24, 2.45) is 0 Å². The Morgan fingerprint density at radius 2 is 0.500 bits per heavy atom. The Hall–Kier alpha value is -1.93. The van der Waals surface area contributed by atoms with Crippen LogP contribution < -0.4 is 0 Å². The van der Waals surface area contributed by atoms with Crippen molar-refractivity contribution >= 4 is 78.9 Å². The van der Waals surface area contributed by atoms with Gasteiger partial charge in [-0.1, -0.05) is 79.7 Å². The minimum absolute atomic E-state index is 0. The molecule has 0 N–H and O–H groups in total. The Labute approximate surface area is 394 Å². The summed E-state index contributed by atoms with van der Waals surface area (Å²) in [6.07, 6.45) is 0. The summed E-state index contributed by atoms with van der Waals surface area (Å²) in [6.45, 7) is 27.2. The third-order valence-corrected chi connectivity index (χ3v) is 9.23. The molecule has 0 aromatic heterocycles. The van der Waals surface area contributed by atoms with Gasteiger partial charge in [0.15, 0.2) is 0 Å². The maximum atomic E-state index is 2.33. The number of benzene rings is 4. The van der Waals surface area contributed by atoms with Gasteiger partial charge in [0.2, 0.25) is 0 Å². The zero-order chi connectivity index (χ0) is 41.4. The van der Waals surface area contributed by atoms with Gasteiger partial charge < -0.3 is 0 Å². The molecule has 0 fully saturated rings. The number of hydrogen-bond donors (Lipinski definition) is 0. The summed E-state index contributed by atoms with van der Waals surface area (Å²) in [5.41, 5.74) is 6.28. The van der Waals surface area contributed by atoms with Crippen molar-refractivity contribution in [1.29, 1.82) is 0 Å². The fraction of sp³-hybridized carbons (Fsp3) is 0.308. The average molecular weight is 1180 g/mol. The molecule has 6 heteroatoms. The van der Waals surface area contributed by atoms with E-state index in [0.717, 1.165) is 0 Å². The summed E-state index contributed by atoms with van der Waals surface area (Å²) < 4.78 is 0. The minimum Gasteiger partial charge on any atom is -0.147 e. The molecule has 0 spiro atoms. The van der Waals surface area contributed by atoms with E-state index in [0.29, 0.717) is 23.7 Å². The number of halogens is 2. The average Bonchev–Trinajstić information content (AvgIpc) is 3.95. The molecule has 0 nitrogen and oxygen atoms in total. The van der Waals surface area contributed by atoms with Gasteiger partial charge >= 0.3 is 83.2 Å². The molecule has 304 valence electrons. The summed E-state index contributed by atoms with van der Waals surface area (Å²) in [4.78, 5) is 0. The van der Waals surface area contributed by atoms with E-state index in [2.05, 4.69) is 227 Å². The van der Waals surface area contributed by atoms with Crippen LogP contribution in [0.4, 0.5) is 0 Å². The fourth-order valence-electron chi connectivity index (χ4n) is 6.03. The van der Waals surface area contributed by atoms with Crippen molar-refractivity contribution in [3.8, 4) is 0 Å². The standard InChI is InChI=1S/4C12H13.2C2H6Si.2ClH.2Hf/c4*1-9(2)12-7-10-5-3-4-6-11(10)8-12;2*1-3-2;;;;/h4*3-9H,1-2H3;2*1-2H3;2*1H;;/q4*-1;;;;;2*+2. The first-order valence-electron chi connectivity index (χ1n) is 20.2. The molecule has 0 unspecified atom stereocenters. The first-order valence-corrected chi connectivity index (χ1v) is 36.0. The van der Waals surface area contributed by atoms with E-state index >= 15 is 0 Å². The molecule has 8 aromatic carbocycles. The summed E-state index contributed by atoms with van der Waals surface area (Å²) in [5.74, 6) is 2.55. The SMILES string of the molecule is CC(C)c1cc2ccccc2[cH-]1.CC(C)c1cc2ccccc2[cH-]1.CC(C)c1cc2ccccc2[cH-]1.CC(C)c1cc2ccccc2[cH-]1.C[Si](C)=[Hf+2].C[Si](C)=[Hf+2].Cl.Cl. The zero-order valence-electron chi connectivity index (χ0n) is 37.0. The van der Waals surface area contributed by atoms with E-state index in [1.165, 1.54) is 111 Å². The van der Waals surface area contributed by atoms with Gasteiger partial charge in [0, 0.05) is 0 Å². The van der Waals surface area contributed by atoms with E-state index < -0.39 is 0 Å². The van der Waals surface area contributed by atoms with Crippen LogP contribution in [-0.4, -0.2) is 11.0 Å². The van der Waals surface area contributed by atoms with Crippen molar-refractivity contribution < 1.29 is 46.0 Å². The molecule has 0 saturated heterocycles. The smallest absolute Gasteiger partial charge is 0.147 e. The molecule has 0 aliphatic carbocycles. The number of rotatable bonds is 4. The predicted octanol–water partition coefficient (Wildman–Crippen LogP) is 17.1. The van der Waals surface area contributed by atoms with Gasteiger partial charge in [-0.15, -0.1) is 187 Å². The third-order valence-electron chi connectivity index (χ3n) is 9.23. The summed E-state index contributed by atoms with van der Waals surface area (Å²) in [5, 5.41) is 10.9. The largest absolute Gasteiger partial charge is 0.147 e. The molecule has 0 saturated carbocycles.